The smallest absolute Gasteiger partial charge is 0.257 e. The fourth-order valence-electron chi connectivity index (χ4n) is 1.40. The Morgan fingerprint density at radius 1 is 1.42 bits per heavy atom. The zero-order valence-electron chi connectivity index (χ0n) is 10.9. The molecule has 0 fully saturated rings. The Hall–Kier alpha value is -0.970. The minimum Gasteiger partial charge on any atom is -0.484 e. The molecule has 1 aromatic carbocycles. The van der Waals surface area contributed by atoms with Crippen LogP contribution in [0.2, 0.25) is 5.02 Å². The summed E-state index contributed by atoms with van der Waals surface area (Å²) in [5.41, 5.74) is 6.29. The Kier molecular flexibility index (Phi) is 9.39. The molecule has 1 aromatic rings. The highest BCUT2D eigenvalue weighted by Gasteiger charge is 2.03. The van der Waals surface area contributed by atoms with Crippen LogP contribution in [-0.4, -0.2) is 25.6 Å². The van der Waals surface area contributed by atoms with E-state index < -0.39 is 0 Å². The van der Waals surface area contributed by atoms with Crippen molar-refractivity contribution in [3.05, 3.63) is 28.8 Å². The van der Waals surface area contributed by atoms with Gasteiger partial charge in [-0.15, -0.1) is 12.4 Å². The monoisotopic (exact) mass is 306 g/mol. The molecule has 0 aliphatic heterocycles. The molecule has 3 N–H and O–H groups in total. The molecule has 0 aliphatic rings. The van der Waals surface area contributed by atoms with Crippen molar-refractivity contribution in [2.45, 2.75) is 19.8 Å². The van der Waals surface area contributed by atoms with E-state index in [2.05, 4.69) is 5.32 Å². The van der Waals surface area contributed by atoms with Gasteiger partial charge >= 0.3 is 0 Å². The maximum Gasteiger partial charge on any atom is 0.257 e. The minimum absolute atomic E-state index is 0. The Bertz CT molecular complexity index is 400. The normalized spacial score (nSPS) is 9.63. The van der Waals surface area contributed by atoms with Gasteiger partial charge in [0.05, 0.1) is 0 Å². The van der Waals surface area contributed by atoms with Crippen molar-refractivity contribution >= 4 is 29.9 Å². The van der Waals surface area contributed by atoms with Gasteiger partial charge in [-0.25, -0.2) is 0 Å². The summed E-state index contributed by atoms with van der Waals surface area (Å²) in [7, 11) is 0. The molecular weight excluding hydrogens is 287 g/mol. The molecule has 0 atom stereocenters. The van der Waals surface area contributed by atoms with Crippen LogP contribution < -0.4 is 15.8 Å². The lowest BCUT2D eigenvalue weighted by Gasteiger charge is -2.08. The summed E-state index contributed by atoms with van der Waals surface area (Å²) < 4.78 is 5.37. The zero-order valence-corrected chi connectivity index (χ0v) is 12.5. The highest BCUT2D eigenvalue weighted by Crippen LogP contribution is 2.20. The number of halogens is 2. The number of ether oxygens (including phenoxy) is 1. The second kappa shape index (κ2) is 9.89. The first kappa shape index (κ1) is 18.0. The molecular formula is C13H20Cl2N2O2. The second-order valence-corrected chi connectivity index (χ2v) is 4.45. The summed E-state index contributed by atoms with van der Waals surface area (Å²) in [5, 5.41) is 3.46. The summed E-state index contributed by atoms with van der Waals surface area (Å²) in [5.74, 6) is 0.522. The van der Waals surface area contributed by atoms with Gasteiger partial charge in [0.25, 0.3) is 5.91 Å². The van der Waals surface area contributed by atoms with E-state index in [4.69, 9.17) is 22.1 Å². The Morgan fingerprint density at radius 2 is 2.16 bits per heavy atom. The molecule has 0 radical (unpaired) electrons. The van der Waals surface area contributed by atoms with E-state index in [1.165, 1.54) is 0 Å². The van der Waals surface area contributed by atoms with Gasteiger partial charge in [0.15, 0.2) is 6.61 Å². The molecule has 0 aliphatic carbocycles. The third-order valence-corrected chi connectivity index (χ3v) is 2.88. The fourth-order valence-corrected chi connectivity index (χ4v) is 1.52. The van der Waals surface area contributed by atoms with E-state index in [0.717, 1.165) is 18.4 Å². The minimum atomic E-state index is -0.125. The molecule has 1 amide bonds. The molecule has 0 aromatic heterocycles. The third kappa shape index (κ3) is 7.25. The van der Waals surface area contributed by atoms with Crippen LogP contribution in [0.25, 0.3) is 0 Å². The van der Waals surface area contributed by atoms with Crippen LogP contribution in [0.5, 0.6) is 5.75 Å². The third-order valence-electron chi connectivity index (χ3n) is 2.45. The summed E-state index contributed by atoms with van der Waals surface area (Å²) in [6, 6.07) is 5.31. The maximum absolute atomic E-state index is 11.4. The molecule has 4 nitrogen and oxygen atoms in total. The highest BCUT2D eigenvalue weighted by molar-refractivity contribution is 6.31. The van der Waals surface area contributed by atoms with E-state index in [1.807, 2.05) is 13.0 Å². The van der Waals surface area contributed by atoms with Gasteiger partial charge < -0.3 is 15.8 Å². The summed E-state index contributed by atoms with van der Waals surface area (Å²) in [6.07, 6.45) is 1.81. The van der Waals surface area contributed by atoms with Crippen molar-refractivity contribution in [3.8, 4) is 5.75 Å². The molecule has 0 saturated carbocycles. The largest absolute Gasteiger partial charge is 0.484 e. The number of nitrogens with one attached hydrogen (secondary N) is 1. The standard InChI is InChI=1S/C13H19ClN2O2.ClH/c1-10-8-11(4-5-12(10)14)18-9-13(17)16-7-3-2-6-15;/h4-5,8H,2-3,6-7,9,15H2,1H3,(H,16,17);1H. The van der Waals surface area contributed by atoms with Gasteiger partial charge in [-0.05, 0) is 50.1 Å². The van der Waals surface area contributed by atoms with Gasteiger partial charge in [0, 0.05) is 11.6 Å². The van der Waals surface area contributed by atoms with E-state index in [9.17, 15) is 4.79 Å². The molecule has 0 bridgehead atoms. The Labute approximate surface area is 125 Å². The van der Waals surface area contributed by atoms with Crippen LogP contribution in [0.15, 0.2) is 18.2 Å². The number of hydrogen-bond acceptors (Lipinski definition) is 3. The van der Waals surface area contributed by atoms with E-state index in [1.54, 1.807) is 12.1 Å². The number of hydrogen-bond donors (Lipinski definition) is 2. The summed E-state index contributed by atoms with van der Waals surface area (Å²) >= 11 is 5.90. The average molecular weight is 307 g/mol. The highest BCUT2D eigenvalue weighted by atomic mass is 35.5. The van der Waals surface area contributed by atoms with Gasteiger partial charge in [-0.3, -0.25) is 4.79 Å². The van der Waals surface area contributed by atoms with Crippen LogP contribution in [0.1, 0.15) is 18.4 Å². The first-order valence-corrected chi connectivity index (χ1v) is 6.37. The molecule has 0 unspecified atom stereocenters. The first-order chi connectivity index (χ1) is 8.63. The van der Waals surface area contributed by atoms with Crippen LogP contribution in [0.3, 0.4) is 0 Å². The maximum atomic E-state index is 11.4. The van der Waals surface area contributed by atoms with Gasteiger partial charge in [0.1, 0.15) is 5.75 Å². The SMILES string of the molecule is Cc1cc(OCC(=O)NCCCCN)ccc1Cl.Cl. The summed E-state index contributed by atoms with van der Waals surface area (Å²) in [6.45, 7) is 3.20. The fraction of sp³-hybridized carbons (Fsp3) is 0.462. The average Bonchev–Trinajstić information content (AvgIpc) is 2.36. The predicted octanol–water partition coefficient (Wildman–Crippen LogP) is 2.30. The van der Waals surface area contributed by atoms with E-state index >= 15 is 0 Å². The molecule has 6 heteroatoms. The lowest BCUT2D eigenvalue weighted by Crippen LogP contribution is -2.29. The predicted molar refractivity (Wildman–Crippen MR) is 80.2 cm³/mol. The Balaban J connectivity index is 0.00000324. The van der Waals surface area contributed by atoms with Crippen LogP contribution in [0, 0.1) is 6.92 Å². The van der Waals surface area contributed by atoms with Crippen LogP contribution >= 0.6 is 24.0 Å². The van der Waals surface area contributed by atoms with Crippen molar-refractivity contribution in [2.75, 3.05) is 19.7 Å². The van der Waals surface area contributed by atoms with Crippen molar-refractivity contribution in [1.82, 2.24) is 5.32 Å². The van der Waals surface area contributed by atoms with Crippen molar-refractivity contribution in [1.29, 1.82) is 0 Å². The van der Waals surface area contributed by atoms with E-state index in [0.29, 0.717) is 23.9 Å². The van der Waals surface area contributed by atoms with Crippen molar-refractivity contribution in [3.63, 3.8) is 0 Å². The number of nitrogens with two attached hydrogens (primary N) is 1. The van der Waals surface area contributed by atoms with E-state index in [-0.39, 0.29) is 24.9 Å². The number of rotatable bonds is 7. The molecule has 108 valence electrons. The van der Waals surface area contributed by atoms with Gasteiger partial charge in [-0.2, -0.15) is 0 Å². The number of benzene rings is 1. The molecule has 0 heterocycles. The van der Waals surface area contributed by atoms with Gasteiger partial charge in [-0.1, -0.05) is 11.6 Å². The number of carbonyl (C=O) groups excluding carboxylic acids is 1. The number of aryl methyl sites for hydroxylation is 1. The topological polar surface area (TPSA) is 64.3 Å². The first-order valence-electron chi connectivity index (χ1n) is 5.99. The quantitative estimate of drug-likeness (QED) is 0.760. The number of unbranched alkanes of at least 4 members (excludes halogenated alkanes) is 1. The van der Waals surface area contributed by atoms with Crippen LogP contribution in [-0.2, 0) is 4.79 Å². The number of carbonyl (C=O) groups is 1. The lowest BCUT2D eigenvalue weighted by molar-refractivity contribution is -0.123. The van der Waals surface area contributed by atoms with Crippen molar-refractivity contribution < 1.29 is 9.53 Å². The molecule has 0 saturated heterocycles. The van der Waals surface area contributed by atoms with Crippen molar-refractivity contribution in [2.24, 2.45) is 5.73 Å². The Morgan fingerprint density at radius 3 is 2.79 bits per heavy atom. The number of amides is 1. The van der Waals surface area contributed by atoms with Gasteiger partial charge in [0.2, 0.25) is 0 Å². The molecule has 1 rings (SSSR count). The lowest BCUT2D eigenvalue weighted by atomic mass is 10.2. The molecule has 19 heavy (non-hydrogen) atoms. The molecule has 0 spiro atoms. The van der Waals surface area contributed by atoms with Crippen LogP contribution in [0.4, 0.5) is 0 Å². The zero-order chi connectivity index (χ0) is 13.4. The second-order valence-electron chi connectivity index (χ2n) is 4.05. The summed E-state index contributed by atoms with van der Waals surface area (Å²) in [4.78, 5) is 11.4.